The second kappa shape index (κ2) is 9.31. The monoisotopic (exact) mass is 423 g/mol. The number of benzene rings is 2. The van der Waals surface area contributed by atoms with E-state index in [-0.39, 0.29) is 17.2 Å². The van der Waals surface area contributed by atoms with Crippen LogP contribution in [0.1, 0.15) is 12.5 Å². The van der Waals surface area contributed by atoms with Gasteiger partial charge in [-0.05, 0) is 55.5 Å². The molecule has 3 aromatic rings. The second-order valence-corrected chi connectivity index (χ2v) is 6.81. The Bertz CT molecular complexity index is 1220. The van der Waals surface area contributed by atoms with Crippen LogP contribution in [0.2, 0.25) is 0 Å². The normalized spacial score (nSPS) is 13.0. The first-order valence-corrected chi connectivity index (χ1v) is 9.39. The highest BCUT2D eigenvalue weighted by atomic mass is 19.1. The van der Waals surface area contributed by atoms with Crippen molar-refractivity contribution in [2.24, 2.45) is 15.9 Å². The zero-order valence-corrected chi connectivity index (χ0v) is 17.3. The lowest BCUT2D eigenvalue weighted by molar-refractivity contribution is -0.127. The largest absolute Gasteiger partial charge is 0.372 e. The molecule has 1 atom stereocenters. The minimum atomic E-state index is -0.556. The smallest absolute Gasteiger partial charge is 0.258 e. The van der Waals surface area contributed by atoms with Crippen LogP contribution >= 0.6 is 0 Å². The number of halogens is 1. The molecule has 1 aromatic heterocycles. The maximum atomic E-state index is 13.5. The van der Waals surface area contributed by atoms with Gasteiger partial charge in [0.25, 0.3) is 11.5 Å². The molecule has 0 aliphatic rings. The lowest BCUT2D eigenvalue weighted by atomic mass is 10.1. The predicted octanol–water partition coefficient (Wildman–Crippen LogP) is 2.73. The summed E-state index contributed by atoms with van der Waals surface area (Å²) in [5.74, 6) is 4.86. The number of amides is 1. The van der Waals surface area contributed by atoms with Gasteiger partial charge in [-0.15, -0.1) is 0 Å². The van der Waals surface area contributed by atoms with E-state index < -0.39 is 17.5 Å². The number of hydrogen-bond acceptors (Lipinski definition) is 6. The molecule has 0 aliphatic carbocycles. The quantitative estimate of drug-likeness (QED) is 0.360. The van der Waals surface area contributed by atoms with Crippen LogP contribution in [0.3, 0.4) is 0 Å². The molecule has 3 rings (SSSR count). The molecular weight excluding hydrogens is 401 g/mol. The predicted molar refractivity (Wildman–Crippen MR) is 120 cm³/mol. The third-order valence-electron chi connectivity index (χ3n) is 4.83. The average Bonchev–Trinajstić information content (AvgIpc) is 2.78. The van der Waals surface area contributed by atoms with E-state index >= 15 is 0 Å². The van der Waals surface area contributed by atoms with Crippen LogP contribution in [0.25, 0.3) is 10.9 Å². The van der Waals surface area contributed by atoms with E-state index in [2.05, 4.69) is 15.1 Å². The summed E-state index contributed by atoms with van der Waals surface area (Å²) in [4.78, 5) is 33.1. The summed E-state index contributed by atoms with van der Waals surface area (Å²) in [6.07, 6.45) is 0.798. The molecule has 0 aliphatic heterocycles. The zero-order chi connectivity index (χ0) is 22.5. The van der Waals surface area contributed by atoms with Gasteiger partial charge in [-0.25, -0.2) is 4.39 Å². The number of H-pyrrole nitrogens is 1. The standard InChI is InChI=1S/C22H22FN5O3/c1-13(31-3)22(30)28(2)17-7-5-16(6-8-17)25-12-20(27-24)18-11-14-10-15(23)4-9-19(14)26-21(18)29/h4-13H,24H2,1-3H3,(H,26,29)/t13-/m0/s1. The van der Waals surface area contributed by atoms with Crippen molar-refractivity contribution in [2.45, 2.75) is 13.0 Å². The molecule has 1 heterocycles. The summed E-state index contributed by atoms with van der Waals surface area (Å²) in [7, 11) is 3.13. The number of rotatable bonds is 6. The van der Waals surface area contributed by atoms with Crippen LogP contribution in [0.5, 0.6) is 0 Å². The Balaban J connectivity index is 1.84. The van der Waals surface area contributed by atoms with E-state index in [0.29, 0.717) is 22.3 Å². The number of pyridine rings is 1. The van der Waals surface area contributed by atoms with Gasteiger partial charge < -0.3 is 20.5 Å². The van der Waals surface area contributed by atoms with Crippen molar-refractivity contribution in [1.29, 1.82) is 0 Å². The first-order chi connectivity index (χ1) is 14.8. The minimum absolute atomic E-state index is 0.137. The molecule has 0 spiro atoms. The first-order valence-electron chi connectivity index (χ1n) is 9.39. The number of hydrogen-bond donors (Lipinski definition) is 2. The van der Waals surface area contributed by atoms with Gasteiger partial charge in [0.1, 0.15) is 17.6 Å². The number of nitrogens with two attached hydrogens (primary N) is 1. The summed E-state index contributed by atoms with van der Waals surface area (Å²) in [6.45, 7) is 1.67. The molecule has 3 N–H and O–H groups in total. The number of likely N-dealkylation sites (N-methyl/N-ethyl adjacent to an activating group) is 1. The summed E-state index contributed by atoms with van der Waals surface area (Å²) >= 11 is 0. The Kier molecular flexibility index (Phi) is 6.56. The van der Waals surface area contributed by atoms with Crippen molar-refractivity contribution >= 4 is 40.1 Å². The van der Waals surface area contributed by atoms with Crippen LogP contribution in [-0.4, -0.2) is 43.1 Å². The summed E-state index contributed by atoms with van der Waals surface area (Å²) in [6, 6.07) is 12.5. The number of aromatic amines is 1. The fraction of sp³-hybridized carbons (Fsp3) is 0.182. The number of ether oxygens (including phenoxy) is 1. The maximum Gasteiger partial charge on any atom is 0.258 e. The molecular formula is C22H22FN5O3. The van der Waals surface area contributed by atoms with E-state index in [9.17, 15) is 14.0 Å². The number of fused-ring (bicyclic) bond motifs is 1. The molecule has 0 fully saturated rings. The van der Waals surface area contributed by atoms with Gasteiger partial charge in [0.2, 0.25) is 0 Å². The molecule has 8 nitrogen and oxygen atoms in total. The van der Waals surface area contributed by atoms with Gasteiger partial charge in [0.15, 0.2) is 0 Å². The van der Waals surface area contributed by atoms with E-state index in [4.69, 9.17) is 10.6 Å². The summed E-state index contributed by atoms with van der Waals surface area (Å²) in [5.41, 5.74) is 1.62. The van der Waals surface area contributed by atoms with Crippen LogP contribution in [0, 0.1) is 5.82 Å². The number of methoxy groups -OCH3 is 1. The molecule has 31 heavy (non-hydrogen) atoms. The lowest BCUT2D eigenvalue weighted by Gasteiger charge is -2.20. The Morgan fingerprint density at radius 2 is 1.94 bits per heavy atom. The highest BCUT2D eigenvalue weighted by Gasteiger charge is 2.18. The number of nitrogens with zero attached hydrogens (tertiary/aromatic N) is 3. The van der Waals surface area contributed by atoms with E-state index in [0.717, 1.165) is 0 Å². The summed E-state index contributed by atoms with van der Waals surface area (Å²) in [5, 5.41) is 4.15. The van der Waals surface area contributed by atoms with Gasteiger partial charge in [0.05, 0.1) is 17.5 Å². The van der Waals surface area contributed by atoms with E-state index in [1.54, 1.807) is 38.2 Å². The lowest BCUT2D eigenvalue weighted by Crippen LogP contribution is -2.35. The Labute approximate surface area is 177 Å². The van der Waals surface area contributed by atoms with Crippen molar-refractivity contribution in [3.05, 3.63) is 70.3 Å². The highest BCUT2D eigenvalue weighted by Crippen LogP contribution is 2.20. The second-order valence-electron chi connectivity index (χ2n) is 6.81. The molecule has 160 valence electrons. The van der Waals surface area contributed by atoms with Crippen LogP contribution in [-0.2, 0) is 9.53 Å². The molecule has 9 heteroatoms. The Morgan fingerprint density at radius 3 is 2.58 bits per heavy atom. The van der Waals surface area contributed by atoms with Gasteiger partial charge in [0, 0.05) is 30.7 Å². The number of carbonyl (C=O) groups is 1. The van der Waals surface area contributed by atoms with Crippen molar-refractivity contribution in [2.75, 3.05) is 19.1 Å². The van der Waals surface area contributed by atoms with E-state index in [1.165, 1.54) is 42.5 Å². The summed E-state index contributed by atoms with van der Waals surface area (Å²) < 4.78 is 18.6. The zero-order valence-electron chi connectivity index (χ0n) is 17.3. The number of anilines is 1. The molecule has 0 bridgehead atoms. The number of hydrazone groups is 1. The molecule has 0 unspecified atom stereocenters. The Hall–Kier alpha value is -3.85. The highest BCUT2D eigenvalue weighted by molar-refractivity contribution is 6.38. The third kappa shape index (κ3) is 4.84. The first kappa shape index (κ1) is 21.8. The van der Waals surface area contributed by atoms with Crippen molar-refractivity contribution in [1.82, 2.24) is 4.98 Å². The van der Waals surface area contributed by atoms with Crippen molar-refractivity contribution in [3.63, 3.8) is 0 Å². The Morgan fingerprint density at radius 1 is 1.23 bits per heavy atom. The van der Waals surface area contributed by atoms with Crippen molar-refractivity contribution < 1.29 is 13.9 Å². The van der Waals surface area contributed by atoms with Gasteiger partial charge >= 0.3 is 0 Å². The molecule has 0 radical (unpaired) electrons. The minimum Gasteiger partial charge on any atom is -0.372 e. The number of aliphatic imine (C=N–C) groups is 1. The molecule has 0 saturated carbocycles. The van der Waals surface area contributed by atoms with Crippen LogP contribution in [0.15, 0.2) is 63.4 Å². The van der Waals surface area contributed by atoms with Gasteiger partial charge in [-0.1, -0.05) is 0 Å². The number of nitrogens with one attached hydrogen (secondary N) is 1. The molecule has 1 amide bonds. The van der Waals surface area contributed by atoms with Crippen LogP contribution in [0.4, 0.5) is 15.8 Å². The maximum absolute atomic E-state index is 13.5. The fourth-order valence-electron chi connectivity index (χ4n) is 2.94. The molecule has 0 saturated heterocycles. The average molecular weight is 423 g/mol. The number of carbonyl (C=O) groups excluding carboxylic acids is 1. The fourth-order valence-corrected chi connectivity index (χ4v) is 2.94. The van der Waals surface area contributed by atoms with Crippen molar-refractivity contribution in [3.8, 4) is 0 Å². The topological polar surface area (TPSA) is 113 Å². The number of aromatic nitrogens is 1. The van der Waals surface area contributed by atoms with E-state index in [1.807, 2.05) is 0 Å². The SMILES string of the molecule is CO[C@@H](C)C(=O)N(C)c1ccc(N=CC(=NN)c2cc3cc(F)ccc3[nH]c2=O)cc1. The molecule has 2 aromatic carbocycles. The third-order valence-corrected chi connectivity index (χ3v) is 4.83. The van der Waals surface area contributed by atoms with Gasteiger partial charge in [-0.3, -0.25) is 14.6 Å². The van der Waals surface area contributed by atoms with Crippen LogP contribution < -0.4 is 16.3 Å². The van der Waals surface area contributed by atoms with Gasteiger partial charge in [-0.2, -0.15) is 5.10 Å².